The van der Waals surface area contributed by atoms with Crippen LogP contribution in [-0.4, -0.2) is 56.0 Å². The molecule has 8 nitrogen and oxygen atoms in total. The highest BCUT2D eigenvalue weighted by Gasteiger charge is 2.35. The maximum absolute atomic E-state index is 12.7. The minimum absolute atomic E-state index is 0.109. The SMILES string of the molecule is COc1ccc(C(=O)N(CC(=O)O)C2CC2)cc1S(=O)(=O)NC(C)C. The lowest BCUT2D eigenvalue weighted by Crippen LogP contribution is -2.37. The van der Waals surface area contributed by atoms with E-state index in [4.69, 9.17) is 9.84 Å². The zero-order chi connectivity index (χ0) is 18.8. The Morgan fingerprint density at radius 3 is 2.48 bits per heavy atom. The molecule has 1 amide bonds. The summed E-state index contributed by atoms with van der Waals surface area (Å²) >= 11 is 0. The number of aliphatic carboxylic acids is 1. The summed E-state index contributed by atoms with van der Waals surface area (Å²) in [4.78, 5) is 24.8. The Labute approximate surface area is 146 Å². The monoisotopic (exact) mass is 370 g/mol. The standard InChI is InChI=1S/C16H22N2O6S/c1-10(2)17-25(22,23)14-8-11(4-7-13(14)24-3)16(21)18(9-15(19)20)12-5-6-12/h4,7-8,10,12,17H,5-6,9H2,1-3H3,(H,19,20). The van der Waals surface area contributed by atoms with Crippen molar-refractivity contribution < 1.29 is 27.9 Å². The number of rotatable bonds is 8. The first-order valence-corrected chi connectivity index (χ1v) is 9.37. The second kappa shape index (κ2) is 7.40. The minimum atomic E-state index is -3.87. The van der Waals surface area contributed by atoms with Crippen LogP contribution in [-0.2, 0) is 14.8 Å². The number of methoxy groups -OCH3 is 1. The molecule has 0 bridgehead atoms. The summed E-state index contributed by atoms with van der Waals surface area (Å²) in [7, 11) is -2.53. The first-order valence-electron chi connectivity index (χ1n) is 7.89. The zero-order valence-electron chi connectivity index (χ0n) is 14.4. The van der Waals surface area contributed by atoms with Gasteiger partial charge >= 0.3 is 5.97 Å². The number of carboxylic acid groups (broad SMARTS) is 1. The number of carbonyl (C=O) groups is 2. The molecule has 138 valence electrons. The zero-order valence-corrected chi connectivity index (χ0v) is 15.2. The van der Waals surface area contributed by atoms with Crippen LogP contribution < -0.4 is 9.46 Å². The molecule has 0 heterocycles. The first kappa shape index (κ1) is 19.2. The van der Waals surface area contributed by atoms with Gasteiger partial charge in [-0.25, -0.2) is 13.1 Å². The van der Waals surface area contributed by atoms with Gasteiger partial charge in [0, 0.05) is 17.6 Å². The van der Waals surface area contributed by atoms with Crippen molar-refractivity contribution in [1.29, 1.82) is 0 Å². The summed E-state index contributed by atoms with van der Waals surface area (Å²) in [6.45, 7) is 2.95. The number of amides is 1. The van der Waals surface area contributed by atoms with Crippen LogP contribution in [0.1, 0.15) is 37.0 Å². The largest absolute Gasteiger partial charge is 0.495 e. The molecule has 2 rings (SSSR count). The molecule has 9 heteroatoms. The van der Waals surface area contributed by atoms with Gasteiger partial charge in [-0.3, -0.25) is 9.59 Å². The van der Waals surface area contributed by atoms with Gasteiger partial charge in [-0.1, -0.05) is 0 Å². The molecule has 1 aromatic rings. The Morgan fingerprint density at radius 1 is 1.36 bits per heavy atom. The molecular weight excluding hydrogens is 348 g/mol. The van der Waals surface area contributed by atoms with Crippen LogP contribution in [0.25, 0.3) is 0 Å². The Kier molecular flexibility index (Phi) is 5.69. The van der Waals surface area contributed by atoms with Crippen molar-refractivity contribution in [3.05, 3.63) is 23.8 Å². The molecule has 1 aliphatic carbocycles. The van der Waals surface area contributed by atoms with E-state index in [9.17, 15) is 18.0 Å². The van der Waals surface area contributed by atoms with Crippen LogP contribution >= 0.6 is 0 Å². The number of benzene rings is 1. The lowest BCUT2D eigenvalue weighted by atomic mass is 10.2. The van der Waals surface area contributed by atoms with Crippen LogP contribution in [0.4, 0.5) is 0 Å². The second-order valence-corrected chi connectivity index (χ2v) is 7.88. The molecule has 0 aliphatic heterocycles. The number of nitrogens with one attached hydrogen (secondary N) is 1. The van der Waals surface area contributed by atoms with Gasteiger partial charge in [-0.15, -0.1) is 0 Å². The number of sulfonamides is 1. The van der Waals surface area contributed by atoms with Crippen LogP contribution in [0.15, 0.2) is 23.1 Å². The highest BCUT2D eigenvalue weighted by molar-refractivity contribution is 7.89. The molecular formula is C16H22N2O6S. The fourth-order valence-corrected chi connectivity index (χ4v) is 3.90. The Morgan fingerprint density at radius 2 is 2.00 bits per heavy atom. The van der Waals surface area contributed by atoms with E-state index in [0.717, 1.165) is 12.8 Å². The number of nitrogens with zero attached hydrogens (tertiary/aromatic N) is 1. The van der Waals surface area contributed by atoms with Gasteiger partial charge in [0.25, 0.3) is 5.91 Å². The Bertz CT molecular complexity index is 771. The Balaban J connectivity index is 2.40. The van der Waals surface area contributed by atoms with Gasteiger partial charge in [0.05, 0.1) is 7.11 Å². The van der Waals surface area contributed by atoms with Crippen molar-refractivity contribution in [3.63, 3.8) is 0 Å². The average Bonchev–Trinajstić information content (AvgIpc) is 3.34. The number of carboxylic acids is 1. The third-order valence-electron chi connectivity index (χ3n) is 3.65. The maximum atomic E-state index is 12.7. The molecule has 1 saturated carbocycles. The van der Waals surface area contributed by atoms with Crippen LogP contribution in [0.3, 0.4) is 0 Å². The van der Waals surface area contributed by atoms with E-state index in [-0.39, 0.29) is 28.3 Å². The van der Waals surface area contributed by atoms with E-state index in [1.54, 1.807) is 13.8 Å². The van der Waals surface area contributed by atoms with Crippen LogP contribution in [0.5, 0.6) is 5.75 Å². The van der Waals surface area contributed by atoms with Gasteiger partial charge in [0.1, 0.15) is 17.2 Å². The van der Waals surface area contributed by atoms with E-state index in [1.165, 1.54) is 30.2 Å². The summed E-state index contributed by atoms with van der Waals surface area (Å²) in [5.41, 5.74) is 0.109. The van der Waals surface area contributed by atoms with Gasteiger partial charge < -0.3 is 14.7 Å². The predicted molar refractivity (Wildman–Crippen MR) is 90.1 cm³/mol. The number of carbonyl (C=O) groups excluding carboxylic acids is 1. The van der Waals surface area contributed by atoms with Gasteiger partial charge in [-0.2, -0.15) is 0 Å². The molecule has 0 atom stereocenters. The third-order valence-corrected chi connectivity index (χ3v) is 5.32. The lowest BCUT2D eigenvalue weighted by Gasteiger charge is -2.21. The smallest absolute Gasteiger partial charge is 0.323 e. The third kappa shape index (κ3) is 4.70. The lowest BCUT2D eigenvalue weighted by molar-refractivity contribution is -0.137. The fraction of sp³-hybridized carbons (Fsp3) is 0.500. The van der Waals surface area contributed by atoms with Crippen molar-refractivity contribution in [2.24, 2.45) is 0 Å². The molecule has 1 aliphatic rings. The molecule has 25 heavy (non-hydrogen) atoms. The molecule has 0 unspecified atom stereocenters. The summed E-state index contributed by atoms with van der Waals surface area (Å²) in [6, 6.07) is 3.62. The predicted octanol–water partition coefficient (Wildman–Crippen LogP) is 1.07. The van der Waals surface area contributed by atoms with Crippen molar-refractivity contribution in [1.82, 2.24) is 9.62 Å². The highest BCUT2D eigenvalue weighted by Crippen LogP contribution is 2.30. The summed E-state index contributed by atoms with van der Waals surface area (Å²) in [5.74, 6) is -1.50. The summed E-state index contributed by atoms with van der Waals surface area (Å²) in [6.07, 6.45) is 1.49. The number of hydrogen-bond acceptors (Lipinski definition) is 5. The van der Waals surface area contributed by atoms with E-state index in [1.807, 2.05) is 0 Å². The topological polar surface area (TPSA) is 113 Å². The molecule has 2 N–H and O–H groups in total. The molecule has 0 saturated heterocycles. The molecule has 0 spiro atoms. The Hall–Kier alpha value is -2.13. The van der Waals surface area contributed by atoms with Crippen molar-refractivity contribution in [2.75, 3.05) is 13.7 Å². The van der Waals surface area contributed by atoms with E-state index in [0.29, 0.717) is 0 Å². The maximum Gasteiger partial charge on any atom is 0.323 e. The number of ether oxygens (including phenoxy) is 1. The first-order chi connectivity index (χ1) is 11.7. The molecule has 1 aromatic carbocycles. The molecule has 1 fully saturated rings. The normalized spacial score (nSPS) is 14.4. The average molecular weight is 370 g/mol. The van der Waals surface area contributed by atoms with Crippen molar-refractivity contribution in [2.45, 2.75) is 43.7 Å². The minimum Gasteiger partial charge on any atom is -0.495 e. The number of hydrogen-bond donors (Lipinski definition) is 2. The van der Waals surface area contributed by atoms with Gasteiger partial charge in [0.2, 0.25) is 10.0 Å². The van der Waals surface area contributed by atoms with Crippen LogP contribution in [0.2, 0.25) is 0 Å². The quantitative estimate of drug-likeness (QED) is 0.708. The van der Waals surface area contributed by atoms with Crippen LogP contribution in [0, 0.1) is 0 Å². The summed E-state index contributed by atoms with van der Waals surface area (Å²) in [5, 5.41) is 9.00. The molecule has 0 aromatic heterocycles. The second-order valence-electron chi connectivity index (χ2n) is 6.20. The highest BCUT2D eigenvalue weighted by atomic mass is 32.2. The summed E-state index contributed by atoms with van der Waals surface area (Å²) < 4.78 is 32.5. The van der Waals surface area contributed by atoms with Gasteiger partial charge in [0.15, 0.2) is 0 Å². The van der Waals surface area contributed by atoms with Crippen molar-refractivity contribution >= 4 is 21.9 Å². The van der Waals surface area contributed by atoms with Gasteiger partial charge in [-0.05, 0) is 44.9 Å². The van der Waals surface area contributed by atoms with Crippen molar-refractivity contribution in [3.8, 4) is 5.75 Å². The van der Waals surface area contributed by atoms with E-state index >= 15 is 0 Å². The fourth-order valence-electron chi connectivity index (χ4n) is 2.46. The molecule has 0 radical (unpaired) electrons. The van der Waals surface area contributed by atoms with E-state index in [2.05, 4.69) is 4.72 Å². The van der Waals surface area contributed by atoms with E-state index < -0.39 is 28.4 Å².